The quantitative estimate of drug-likeness (QED) is 0.736. The van der Waals surface area contributed by atoms with Crippen LogP contribution in [0.25, 0.3) is 5.82 Å². The summed E-state index contributed by atoms with van der Waals surface area (Å²) in [5.41, 5.74) is 2.32. The second-order valence-corrected chi connectivity index (χ2v) is 6.21. The fraction of sp³-hybridized carbons (Fsp3) is 0.250. The lowest BCUT2D eigenvalue weighted by Gasteiger charge is -2.27. The largest absolute Gasteiger partial charge is 0.369 e. The summed E-state index contributed by atoms with van der Waals surface area (Å²) in [4.78, 5) is 19.2. The lowest BCUT2D eigenvalue weighted by atomic mass is 10.1. The van der Waals surface area contributed by atoms with Crippen LogP contribution < -0.4 is 10.2 Å². The van der Waals surface area contributed by atoms with E-state index in [2.05, 4.69) is 41.1 Å². The number of benzene rings is 1. The van der Waals surface area contributed by atoms with Gasteiger partial charge in [-0.05, 0) is 63.2 Å². The minimum absolute atomic E-state index is 0.175. The number of carbonyl (C=O) groups excluding carboxylic acids is 1. The van der Waals surface area contributed by atoms with Gasteiger partial charge in [-0.3, -0.25) is 4.79 Å². The monoisotopic (exact) mass is 349 g/mol. The SMILES string of the molecule is CCN(c1ccc(C(=O)Nc2cccnc2-n2cccn2)cc1)C(C)C. The Hall–Kier alpha value is -3.15. The Morgan fingerprint density at radius 2 is 1.92 bits per heavy atom. The molecule has 0 aliphatic heterocycles. The Bertz CT molecular complexity index is 856. The van der Waals surface area contributed by atoms with E-state index in [0.29, 0.717) is 23.1 Å². The Morgan fingerprint density at radius 1 is 1.15 bits per heavy atom. The van der Waals surface area contributed by atoms with Crippen LogP contribution in [-0.2, 0) is 0 Å². The van der Waals surface area contributed by atoms with Gasteiger partial charge in [0.15, 0.2) is 5.82 Å². The zero-order valence-corrected chi connectivity index (χ0v) is 15.3. The van der Waals surface area contributed by atoms with Crippen LogP contribution in [0.15, 0.2) is 61.1 Å². The van der Waals surface area contributed by atoms with Crippen molar-refractivity contribution in [2.45, 2.75) is 26.8 Å². The van der Waals surface area contributed by atoms with E-state index in [9.17, 15) is 4.79 Å². The molecule has 6 nitrogen and oxygen atoms in total. The number of carbonyl (C=O) groups is 1. The fourth-order valence-electron chi connectivity index (χ4n) is 2.92. The molecule has 0 spiro atoms. The summed E-state index contributed by atoms with van der Waals surface area (Å²) in [6.45, 7) is 7.36. The van der Waals surface area contributed by atoms with Crippen LogP contribution in [0.4, 0.5) is 11.4 Å². The molecule has 1 amide bonds. The highest BCUT2D eigenvalue weighted by molar-refractivity contribution is 6.05. The van der Waals surface area contributed by atoms with Gasteiger partial charge in [-0.25, -0.2) is 9.67 Å². The number of amides is 1. The van der Waals surface area contributed by atoms with Crippen molar-refractivity contribution in [2.75, 3.05) is 16.8 Å². The third-order valence-corrected chi connectivity index (χ3v) is 4.18. The smallest absolute Gasteiger partial charge is 0.255 e. The van der Waals surface area contributed by atoms with Gasteiger partial charge in [0.1, 0.15) is 0 Å². The number of nitrogens with one attached hydrogen (secondary N) is 1. The van der Waals surface area contributed by atoms with Crippen LogP contribution in [0.5, 0.6) is 0 Å². The summed E-state index contributed by atoms with van der Waals surface area (Å²) in [6, 6.07) is 13.5. The molecule has 0 unspecified atom stereocenters. The van der Waals surface area contributed by atoms with Crippen molar-refractivity contribution in [1.82, 2.24) is 14.8 Å². The number of anilines is 2. The van der Waals surface area contributed by atoms with E-state index in [1.54, 1.807) is 29.3 Å². The van der Waals surface area contributed by atoms with Gasteiger partial charge in [0.2, 0.25) is 0 Å². The molecule has 0 aliphatic rings. The van der Waals surface area contributed by atoms with E-state index >= 15 is 0 Å². The van der Waals surface area contributed by atoms with Crippen LogP contribution in [-0.4, -0.2) is 33.3 Å². The summed E-state index contributed by atoms with van der Waals surface area (Å²) in [6.07, 6.45) is 5.14. The van der Waals surface area contributed by atoms with Crippen molar-refractivity contribution in [1.29, 1.82) is 0 Å². The molecule has 0 atom stereocenters. The Labute approximate surface area is 153 Å². The van der Waals surface area contributed by atoms with Crippen molar-refractivity contribution in [3.63, 3.8) is 0 Å². The van der Waals surface area contributed by atoms with Gasteiger partial charge in [-0.1, -0.05) is 0 Å². The maximum Gasteiger partial charge on any atom is 0.255 e. The topological polar surface area (TPSA) is 63.1 Å². The maximum absolute atomic E-state index is 12.6. The molecule has 0 aliphatic carbocycles. The van der Waals surface area contributed by atoms with Crippen LogP contribution in [0.3, 0.4) is 0 Å². The van der Waals surface area contributed by atoms with Gasteiger partial charge in [-0.15, -0.1) is 0 Å². The van der Waals surface area contributed by atoms with E-state index in [1.165, 1.54) is 0 Å². The molecule has 134 valence electrons. The van der Waals surface area contributed by atoms with E-state index in [0.717, 1.165) is 12.2 Å². The number of hydrogen-bond acceptors (Lipinski definition) is 4. The van der Waals surface area contributed by atoms with Crippen molar-refractivity contribution in [3.8, 4) is 5.82 Å². The van der Waals surface area contributed by atoms with Crippen LogP contribution in [0.2, 0.25) is 0 Å². The summed E-state index contributed by atoms with van der Waals surface area (Å²) in [5, 5.41) is 7.11. The zero-order valence-electron chi connectivity index (χ0n) is 15.3. The molecule has 1 aromatic carbocycles. The van der Waals surface area contributed by atoms with E-state index in [-0.39, 0.29) is 5.91 Å². The minimum atomic E-state index is -0.175. The van der Waals surface area contributed by atoms with Gasteiger partial charge in [0.05, 0.1) is 5.69 Å². The molecule has 2 aromatic heterocycles. The van der Waals surface area contributed by atoms with Gasteiger partial charge >= 0.3 is 0 Å². The lowest BCUT2D eigenvalue weighted by molar-refractivity contribution is 0.102. The predicted molar refractivity (Wildman–Crippen MR) is 104 cm³/mol. The molecule has 0 saturated carbocycles. The molecule has 0 bridgehead atoms. The van der Waals surface area contributed by atoms with Crippen LogP contribution >= 0.6 is 0 Å². The summed E-state index contributed by atoms with van der Waals surface area (Å²) >= 11 is 0. The second kappa shape index (κ2) is 7.82. The normalized spacial score (nSPS) is 10.8. The van der Waals surface area contributed by atoms with E-state index < -0.39 is 0 Å². The summed E-state index contributed by atoms with van der Waals surface area (Å²) in [7, 11) is 0. The van der Waals surface area contributed by atoms with E-state index in [1.807, 2.05) is 36.4 Å². The highest BCUT2D eigenvalue weighted by Gasteiger charge is 2.13. The first-order valence-electron chi connectivity index (χ1n) is 8.73. The summed E-state index contributed by atoms with van der Waals surface area (Å²) < 4.78 is 1.63. The number of aromatic nitrogens is 3. The Kier molecular flexibility index (Phi) is 5.31. The van der Waals surface area contributed by atoms with E-state index in [4.69, 9.17) is 0 Å². The number of rotatable bonds is 6. The molecular formula is C20H23N5O. The first kappa shape index (κ1) is 17.7. The standard InChI is InChI=1S/C20H23N5O/c1-4-24(15(2)3)17-10-8-16(9-11-17)20(26)23-18-7-5-12-21-19(18)25-14-6-13-22-25/h5-15H,4H2,1-3H3,(H,23,26). The molecule has 2 heterocycles. The molecule has 3 aromatic rings. The fourth-order valence-corrected chi connectivity index (χ4v) is 2.92. The second-order valence-electron chi connectivity index (χ2n) is 6.21. The molecule has 1 N–H and O–H groups in total. The molecule has 6 heteroatoms. The first-order chi connectivity index (χ1) is 12.6. The van der Waals surface area contributed by atoms with Gasteiger partial charge in [0.25, 0.3) is 5.91 Å². The minimum Gasteiger partial charge on any atom is -0.369 e. The van der Waals surface area contributed by atoms with Crippen molar-refractivity contribution in [3.05, 3.63) is 66.6 Å². The molecule has 3 rings (SSSR count). The molecule has 0 radical (unpaired) electrons. The maximum atomic E-state index is 12.6. The average Bonchev–Trinajstić information content (AvgIpc) is 3.17. The zero-order chi connectivity index (χ0) is 18.5. The molecular weight excluding hydrogens is 326 g/mol. The lowest BCUT2D eigenvalue weighted by Crippen LogP contribution is -2.30. The molecule has 0 fully saturated rings. The van der Waals surface area contributed by atoms with Crippen molar-refractivity contribution < 1.29 is 4.79 Å². The summed E-state index contributed by atoms with van der Waals surface area (Å²) in [5.74, 6) is 0.407. The first-order valence-corrected chi connectivity index (χ1v) is 8.73. The van der Waals surface area contributed by atoms with Gasteiger partial charge < -0.3 is 10.2 Å². The Morgan fingerprint density at radius 3 is 2.54 bits per heavy atom. The number of nitrogens with zero attached hydrogens (tertiary/aromatic N) is 4. The number of pyridine rings is 1. The molecule has 26 heavy (non-hydrogen) atoms. The van der Waals surface area contributed by atoms with Crippen molar-refractivity contribution >= 4 is 17.3 Å². The van der Waals surface area contributed by atoms with Gasteiger partial charge in [-0.2, -0.15) is 5.10 Å². The third-order valence-electron chi connectivity index (χ3n) is 4.18. The van der Waals surface area contributed by atoms with Crippen molar-refractivity contribution in [2.24, 2.45) is 0 Å². The Balaban J connectivity index is 1.79. The third kappa shape index (κ3) is 3.74. The highest BCUT2D eigenvalue weighted by atomic mass is 16.1. The predicted octanol–water partition coefficient (Wildman–Crippen LogP) is 3.75. The van der Waals surface area contributed by atoms with Gasteiger partial charge in [0, 0.05) is 42.4 Å². The number of hydrogen-bond donors (Lipinski definition) is 1. The van der Waals surface area contributed by atoms with Crippen LogP contribution in [0.1, 0.15) is 31.1 Å². The molecule has 0 saturated heterocycles. The highest BCUT2D eigenvalue weighted by Crippen LogP contribution is 2.20. The average molecular weight is 349 g/mol. The van der Waals surface area contributed by atoms with Crippen LogP contribution in [0, 0.1) is 0 Å².